The Kier molecular flexibility index (Phi) is 4.77. The molecule has 6 nitrogen and oxygen atoms in total. The van der Waals surface area contributed by atoms with Gasteiger partial charge in [0, 0.05) is 17.6 Å². The number of amides is 1. The molecule has 1 atom stereocenters. The van der Waals surface area contributed by atoms with Crippen molar-refractivity contribution < 1.29 is 4.79 Å². The second-order valence-corrected chi connectivity index (χ2v) is 6.81. The van der Waals surface area contributed by atoms with Gasteiger partial charge in [-0.3, -0.25) is 14.2 Å². The number of halogens is 1. The minimum Gasteiger partial charge on any atom is -0.341 e. The second kappa shape index (κ2) is 6.80. The fraction of sp³-hybridized carbons (Fsp3) is 0.438. The van der Waals surface area contributed by atoms with Gasteiger partial charge >= 0.3 is 0 Å². The van der Waals surface area contributed by atoms with Gasteiger partial charge in [0.05, 0.1) is 17.2 Å². The highest BCUT2D eigenvalue weighted by atomic mass is 79.9. The van der Waals surface area contributed by atoms with Crippen molar-refractivity contribution >= 4 is 32.7 Å². The molecule has 23 heavy (non-hydrogen) atoms. The molecule has 1 fully saturated rings. The first-order chi connectivity index (χ1) is 11.1. The number of nitrogens with one attached hydrogen (secondary N) is 1. The topological polar surface area (TPSA) is 67.2 Å². The largest absolute Gasteiger partial charge is 0.341 e. The van der Waals surface area contributed by atoms with Gasteiger partial charge in [0.25, 0.3) is 5.56 Å². The van der Waals surface area contributed by atoms with Gasteiger partial charge in [0.15, 0.2) is 0 Å². The summed E-state index contributed by atoms with van der Waals surface area (Å²) in [7, 11) is 1.92. The smallest absolute Gasteiger partial charge is 0.261 e. The molecule has 1 aromatic heterocycles. The lowest BCUT2D eigenvalue weighted by Gasteiger charge is -2.17. The van der Waals surface area contributed by atoms with Crippen LogP contribution in [0.25, 0.3) is 10.9 Å². The van der Waals surface area contributed by atoms with Crippen LogP contribution in [0, 0.1) is 5.92 Å². The Morgan fingerprint density at radius 3 is 3.09 bits per heavy atom. The van der Waals surface area contributed by atoms with Crippen molar-refractivity contribution in [1.82, 2.24) is 19.8 Å². The van der Waals surface area contributed by atoms with E-state index < -0.39 is 0 Å². The number of benzene rings is 1. The molecule has 1 aliphatic rings. The van der Waals surface area contributed by atoms with Gasteiger partial charge in [0.1, 0.15) is 6.54 Å². The number of nitrogens with zero attached hydrogens (tertiary/aromatic N) is 3. The Balaban J connectivity index is 1.78. The average molecular weight is 379 g/mol. The van der Waals surface area contributed by atoms with Crippen molar-refractivity contribution in [3.05, 3.63) is 39.4 Å². The minimum atomic E-state index is -0.185. The van der Waals surface area contributed by atoms with Crippen molar-refractivity contribution in [3.8, 4) is 0 Å². The summed E-state index contributed by atoms with van der Waals surface area (Å²) in [6.45, 7) is 2.46. The van der Waals surface area contributed by atoms with Crippen molar-refractivity contribution in [2.45, 2.75) is 13.0 Å². The fourth-order valence-corrected chi connectivity index (χ4v) is 3.37. The van der Waals surface area contributed by atoms with Gasteiger partial charge < -0.3 is 10.2 Å². The van der Waals surface area contributed by atoms with E-state index in [-0.39, 0.29) is 18.0 Å². The predicted octanol–water partition coefficient (Wildman–Crippen LogP) is 1.23. The quantitative estimate of drug-likeness (QED) is 0.868. The normalized spacial score (nSPS) is 17.8. The van der Waals surface area contributed by atoms with Crippen molar-refractivity contribution in [2.75, 3.05) is 26.7 Å². The molecule has 122 valence electrons. The van der Waals surface area contributed by atoms with Crippen molar-refractivity contribution in [3.63, 3.8) is 0 Å². The molecule has 0 radical (unpaired) electrons. The molecular weight excluding hydrogens is 360 g/mol. The number of carbonyl (C=O) groups is 1. The van der Waals surface area contributed by atoms with E-state index in [9.17, 15) is 9.59 Å². The van der Waals surface area contributed by atoms with Crippen LogP contribution in [0.1, 0.15) is 6.42 Å². The Morgan fingerprint density at radius 2 is 2.30 bits per heavy atom. The molecule has 7 heteroatoms. The van der Waals surface area contributed by atoms with Gasteiger partial charge in [-0.2, -0.15) is 0 Å². The van der Waals surface area contributed by atoms with Gasteiger partial charge in [-0.25, -0.2) is 4.98 Å². The summed E-state index contributed by atoms with van der Waals surface area (Å²) in [5, 5.41) is 3.66. The zero-order chi connectivity index (χ0) is 16.4. The molecule has 3 rings (SSSR count). The van der Waals surface area contributed by atoms with Gasteiger partial charge in [-0.05, 0) is 44.1 Å². The maximum atomic E-state index is 12.5. The molecule has 0 bridgehead atoms. The first-order valence-corrected chi connectivity index (χ1v) is 8.45. The summed E-state index contributed by atoms with van der Waals surface area (Å²) < 4.78 is 2.21. The number of hydrogen-bond donors (Lipinski definition) is 1. The number of carbonyl (C=O) groups excluding carboxylic acids is 1. The molecule has 1 aromatic carbocycles. The number of hydrogen-bond acceptors (Lipinski definition) is 4. The van der Waals surface area contributed by atoms with Crippen LogP contribution in [0.3, 0.4) is 0 Å². The van der Waals surface area contributed by atoms with Crippen molar-refractivity contribution in [1.29, 1.82) is 0 Å². The zero-order valence-corrected chi connectivity index (χ0v) is 14.5. The molecule has 1 aliphatic heterocycles. The van der Waals surface area contributed by atoms with Crippen LogP contribution in [0.2, 0.25) is 0 Å². The summed E-state index contributed by atoms with van der Waals surface area (Å²) in [6, 6.07) is 5.37. The average Bonchev–Trinajstić information content (AvgIpc) is 3.00. The number of fused-ring (bicyclic) bond motifs is 1. The van der Waals surface area contributed by atoms with Crippen LogP contribution in [-0.2, 0) is 11.3 Å². The molecule has 1 amide bonds. The molecule has 2 heterocycles. The zero-order valence-electron chi connectivity index (χ0n) is 13.0. The van der Waals surface area contributed by atoms with Crippen LogP contribution < -0.4 is 10.9 Å². The molecule has 1 unspecified atom stereocenters. The van der Waals surface area contributed by atoms with Crippen LogP contribution in [0.4, 0.5) is 0 Å². The van der Waals surface area contributed by atoms with Gasteiger partial charge in [0.2, 0.25) is 5.91 Å². The van der Waals surface area contributed by atoms with E-state index in [1.807, 2.05) is 18.0 Å². The Hall–Kier alpha value is -1.73. The summed E-state index contributed by atoms with van der Waals surface area (Å²) in [5.74, 6) is 0.466. The first kappa shape index (κ1) is 16.1. The molecule has 2 aromatic rings. The van der Waals surface area contributed by atoms with E-state index in [1.54, 1.807) is 12.1 Å². The summed E-state index contributed by atoms with van der Waals surface area (Å²) in [6.07, 6.45) is 2.46. The SMILES string of the molecule is CNCC1CCN(C(=O)Cn2cnc3ccc(Br)cc3c2=O)C1. The van der Waals surface area contributed by atoms with Crippen LogP contribution >= 0.6 is 15.9 Å². The van der Waals surface area contributed by atoms with Crippen LogP contribution in [-0.4, -0.2) is 47.0 Å². The van der Waals surface area contributed by atoms with E-state index in [0.29, 0.717) is 16.8 Å². The standard InChI is InChI=1S/C16H19BrN4O2/c1-18-7-11-4-5-20(8-11)15(22)9-21-10-19-14-3-2-12(17)6-13(14)16(21)23/h2-3,6,10-11,18H,4-5,7-9H2,1H3. The highest BCUT2D eigenvalue weighted by Crippen LogP contribution is 2.17. The summed E-state index contributed by atoms with van der Waals surface area (Å²) >= 11 is 3.36. The van der Waals surface area contributed by atoms with Crippen molar-refractivity contribution in [2.24, 2.45) is 5.92 Å². The fourth-order valence-electron chi connectivity index (χ4n) is 3.00. The number of rotatable bonds is 4. The molecule has 1 N–H and O–H groups in total. The number of likely N-dealkylation sites (tertiary alicyclic amines) is 1. The summed E-state index contributed by atoms with van der Waals surface area (Å²) in [5.41, 5.74) is 0.452. The van der Waals surface area contributed by atoms with E-state index >= 15 is 0 Å². The predicted molar refractivity (Wildman–Crippen MR) is 92.3 cm³/mol. The molecule has 0 spiro atoms. The highest BCUT2D eigenvalue weighted by molar-refractivity contribution is 9.10. The van der Waals surface area contributed by atoms with E-state index in [2.05, 4.69) is 26.2 Å². The maximum absolute atomic E-state index is 12.5. The van der Waals surface area contributed by atoms with E-state index in [4.69, 9.17) is 0 Å². The van der Waals surface area contributed by atoms with Gasteiger partial charge in [-0.15, -0.1) is 0 Å². The van der Waals surface area contributed by atoms with E-state index in [0.717, 1.165) is 30.5 Å². The highest BCUT2D eigenvalue weighted by Gasteiger charge is 2.25. The lowest BCUT2D eigenvalue weighted by atomic mass is 10.1. The molecule has 1 saturated heterocycles. The van der Waals surface area contributed by atoms with Crippen LogP contribution in [0.5, 0.6) is 0 Å². The Bertz CT molecular complexity index is 789. The van der Waals surface area contributed by atoms with Crippen LogP contribution in [0.15, 0.2) is 33.8 Å². The molecule has 0 saturated carbocycles. The third-order valence-corrected chi connectivity index (χ3v) is 4.72. The number of aromatic nitrogens is 2. The second-order valence-electron chi connectivity index (χ2n) is 5.89. The summed E-state index contributed by atoms with van der Waals surface area (Å²) in [4.78, 5) is 31.0. The maximum Gasteiger partial charge on any atom is 0.261 e. The first-order valence-electron chi connectivity index (χ1n) is 7.65. The Morgan fingerprint density at radius 1 is 1.48 bits per heavy atom. The third kappa shape index (κ3) is 3.45. The van der Waals surface area contributed by atoms with Gasteiger partial charge in [-0.1, -0.05) is 15.9 Å². The Labute approximate surface area is 142 Å². The lowest BCUT2D eigenvalue weighted by molar-refractivity contribution is -0.130. The van der Waals surface area contributed by atoms with E-state index in [1.165, 1.54) is 10.9 Å². The molecule has 0 aliphatic carbocycles. The third-order valence-electron chi connectivity index (χ3n) is 4.22. The molecular formula is C16H19BrN4O2. The minimum absolute atomic E-state index is 0.0261. The lowest BCUT2D eigenvalue weighted by Crippen LogP contribution is -2.35. The monoisotopic (exact) mass is 378 g/mol.